The highest BCUT2D eigenvalue weighted by atomic mass is 32.1. The minimum Gasteiger partial charge on any atom is -0.497 e. The first-order valence-electron chi connectivity index (χ1n) is 10.3. The first-order chi connectivity index (χ1) is 15.6. The van der Waals surface area contributed by atoms with Gasteiger partial charge in [0.15, 0.2) is 4.77 Å². The molecule has 0 atom stereocenters. The molecule has 4 aromatic rings. The van der Waals surface area contributed by atoms with E-state index in [0.29, 0.717) is 29.0 Å². The summed E-state index contributed by atoms with van der Waals surface area (Å²) in [6, 6.07) is 17.2. The molecule has 2 heterocycles. The van der Waals surface area contributed by atoms with Crippen molar-refractivity contribution < 1.29 is 9.53 Å². The van der Waals surface area contributed by atoms with Crippen molar-refractivity contribution in [3.05, 3.63) is 77.0 Å². The highest BCUT2D eigenvalue weighted by Crippen LogP contribution is 2.26. The predicted molar refractivity (Wildman–Crippen MR) is 125 cm³/mol. The molecule has 9 heteroatoms. The van der Waals surface area contributed by atoms with Crippen molar-refractivity contribution in [3.8, 4) is 22.7 Å². The third-order valence-corrected chi connectivity index (χ3v) is 5.44. The van der Waals surface area contributed by atoms with Crippen LogP contribution in [-0.2, 0) is 13.0 Å². The van der Waals surface area contributed by atoms with E-state index in [0.717, 1.165) is 29.4 Å². The molecule has 0 aliphatic heterocycles. The fraction of sp³-hybridized carbons (Fsp3) is 0.217. The van der Waals surface area contributed by atoms with Crippen molar-refractivity contribution in [1.29, 1.82) is 0 Å². The maximum atomic E-state index is 13.1. The number of aromatic nitrogens is 5. The van der Waals surface area contributed by atoms with E-state index >= 15 is 0 Å². The molecular weight excluding hydrogens is 424 g/mol. The zero-order valence-electron chi connectivity index (χ0n) is 17.9. The molecule has 0 radical (unpaired) electrons. The summed E-state index contributed by atoms with van der Waals surface area (Å²) >= 11 is 5.23. The molecule has 0 bridgehead atoms. The van der Waals surface area contributed by atoms with Crippen LogP contribution in [0.1, 0.15) is 23.1 Å². The van der Waals surface area contributed by atoms with E-state index in [2.05, 4.69) is 15.5 Å². The van der Waals surface area contributed by atoms with E-state index in [1.807, 2.05) is 66.1 Å². The summed E-state index contributed by atoms with van der Waals surface area (Å²) in [5.41, 5.74) is 2.80. The van der Waals surface area contributed by atoms with E-state index < -0.39 is 0 Å². The summed E-state index contributed by atoms with van der Waals surface area (Å²) in [7, 11) is 1.62. The molecular formula is C23H24N6O2S. The van der Waals surface area contributed by atoms with Gasteiger partial charge in [-0.15, -0.1) is 0 Å². The second kappa shape index (κ2) is 9.61. The molecule has 0 spiro atoms. The van der Waals surface area contributed by atoms with Crippen LogP contribution in [0.5, 0.6) is 5.75 Å². The summed E-state index contributed by atoms with van der Waals surface area (Å²) in [5.74, 6) is 1.36. The topological polar surface area (TPSA) is 89.8 Å². The number of hydrogen-bond donors (Lipinski definition) is 2. The van der Waals surface area contributed by atoms with E-state index in [1.165, 1.54) is 0 Å². The van der Waals surface area contributed by atoms with E-state index in [4.69, 9.17) is 22.1 Å². The Morgan fingerprint density at radius 3 is 2.59 bits per heavy atom. The van der Waals surface area contributed by atoms with Gasteiger partial charge in [0.2, 0.25) is 0 Å². The first kappa shape index (κ1) is 21.5. The molecule has 2 aromatic carbocycles. The van der Waals surface area contributed by atoms with Crippen LogP contribution in [0, 0.1) is 4.77 Å². The van der Waals surface area contributed by atoms with Crippen molar-refractivity contribution in [2.45, 2.75) is 19.9 Å². The van der Waals surface area contributed by atoms with E-state index in [9.17, 15) is 4.79 Å². The number of ether oxygens (including phenoxy) is 1. The molecule has 0 saturated heterocycles. The van der Waals surface area contributed by atoms with Gasteiger partial charge < -0.3 is 14.6 Å². The van der Waals surface area contributed by atoms with Gasteiger partial charge >= 0.3 is 0 Å². The normalized spacial score (nSPS) is 10.8. The Morgan fingerprint density at radius 2 is 1.91 bits per heavy atom. The van der Waals surface area contributed by atoms with Gasteiger partial charge in [-0.25, -0.2) is 4.68 Å². The molecule has 32 heavy (non-hydrogen) atoms. The van der Waals surface area contributed by atoms with Crippen LogP contribution in [0.4, 0.5) is 0 Å². The lowest BCUT2D eigenvalue weighted by Gasteiger charge is -2.07. The Bertz CT molecular complexity index is 1260. The molecule has 164 valence electrons. The van der Waals surface area contributed by atoms with Gasteiger partial charge in [0.1, 0.15) is 17.3 Å². The lowest BCUT2D eigenvalue weighted by atomic mass is 10.1. The Labute approximate surface area is 190 Å². The number of H-pyrrole nitrogens is 1. The van der Waals surface area contributed by atoms with Crippen molar-refractivity contribution in [1.82, 2.24) is 29.9 Å². The number of hydrogen-bond acceptors (Lipinski definition) is 5. The number of carbonyl (C=O) groups excluding carboxylic acids is 1. The number of benzene rings is 2. The second-order valence-electron chi connectivity index (χ2n) is 7.10. The molecule has 1 amide bonds. The second-order valence-corrected chi connectivity index (χ2v) is 7.48. The maximum absolute atomic E-state index is 13.1. The maximum Gasteiger partial charge on any atom is 0.255 e. The number of amides is 1. The Balaban J connectivity index is 1.59. The van der Waals surface area contributed by atoms with Gasteiger partial charge in [-0.2, -0.15) is 10.2 Å². The number of methoxy groups -OCH3 is 1. The predicted octanol–water partition coefficient (Wildman–Crippen LogP) is 3.79. The standard InChI is InChI=1S/C23H24N6O2S/c1-3-28-20(25-26-23(28)32)13-14-24-22(30)19-15-29(17-7-5-4-6-8-17)27-21(19)16-9-11-18(31-2)12-10-16/h4-12,15H,3,13-14H2,1-2H3,(H,24,30)(H,26,32). The molecule has 2 aromatic heterocycles. The summed E-state index contributed by atoms with van der Waals surface area (Å²) in [4.78, 5) is 13.1. The number of nitrogens with one attached hydrogen (secondary N) is 2. The lowest BCUT2D eigenvalue weighted by Crippen LogP contribution is -2.26. The first-order valence-corrected chi connectivity index (χ1v) is 10.7. The van der Waals surface area contributed by atoms with Crippen LogP contribution in [0.3, 0.4) is 0 Å². The average molecular weight is 449 g/mol. The summed E-state index contributed by atoms with van der Waals surface area (Å²) in [6.07, 6.45) is 2.32. The number of aromatic amines is 1. The van der Waals surface area contributed by atoms with Gasteiger partial charge in [-0.05, 0) is 55.5 Å². The number of rotatable bonds is 8. The van der Waals surface area contributed by atoms with Crippen molar-refractivity contribution in [3.63, 3.8) is 0 Å². The average Bonchev–Trinajstić information content (AvgIpc) is 3.43. The zero-order chi connectivity index (χ0) is 22.5. The molecule has 0 fully saturated rings. The fourth-order valence-corrected chi connectivity index (χ4v) is 3.75. The summed E-state index contributed by atoms with van der Waals surface area (Å²) in [6.45, 7) is 3.16. The fourth-order valence-electron chi connectivity index (χ4n) is 3.47. The monoisotopic (exact) mass is 448 g/mol. The summed E-state index contributed by atoms with van der Waals surface area (Å²) < 4.78 is 9.47. The highest BCUT2D eigenvalue weighted by molar-refractivity contribution is 7.71. The van der Waals surface area contributed by atoms with Gasteiger partial charge in [0.25, 0.3) is 5.91 Å². The van der Waals surface area contributed by atoms with E-state index in [-0.39, 0.29) is 5.91 Å². The highest BCUT2D eigenvalue weighted by Gasteiger charge is 2.19. The SMILES string of the molecule is CCn1c(CCNC(=O)c2cn(-c3ccccc3)nc2-c2ccc(OC)cc2)n[nH]c1=S. The largest absolute Gasteiger partial charge is 0.497 e. The Morgan fingerprint density at radius 1 is 1.16 bits per heavy atom. The van der Waals surface area contributed by atoms with Crippen LogP contribution in [0.15, 0.2) is 60.8 Å². The summed E-state index contributed by atoms with van der Waals surface area (Å²) in [5, 5.41) is 14.7. The van der Waals surface area contributed by atoms with Gasteiger partial charge in [-0.1, -0.05) is 18.2 Å². The van der Waals surface area contributed by atoms with Gasteiger partial charge in [-0.3, -0.25) is 9.89 Å². The minimum absolute atomic E-state index is 0.199. The molecule has 0 aliphatic rings. The van der Waals surface area contributed by atoms with Crippen LogP contribution in [0.25, 0.3) is 16.9 Å². The van der Waals surface area contributed by atoms with Crippen LogP contribution >= 0.6 is 12.2 Å². The number of carbonyl (C=O) groups is 1. The van der Waals surface area contributed by atoms with E-state index in [1.54, 1.807) is 18.0 Å². The quantitative estimate of drug-likeness (QED) is 0.400. The third-order valence-electron chi connectivity index (χ3n) is 5.13. The van der Waals surface area contributed by atoms with Crippen LogP contribution < -0.4 is 10.1 Å². The Hall–Kier alpha value is -3.72. The molecule has 0 saturated carbocycles. The van der Waals surface area contributed by atoms with Gasteiger partial charge in [0.05, 0.1) is 18.4 Å². The number of nitrogens with zero attached hydrogens (tertiary/aromatic N) is 4. The van der Waals surface area contributed by atoms with Crippen molar-refractivity contribution in [2.24, 2.45) is 0 Å². The van der Waals surface area contributed by atoms with Gasteiger partial charge in [0, 0.05) is 31.3 Å². The van der Waals surface area contributed by atoms with Crippen LogP contribution in [0.2, 0.25) is 0 Å². The minimum atomic E-state index is -0.199. The zero-order valence-corrected chi connectivity index (χ0v) is 18.7. The Kier molecular flexibility index (Phi) is 6.46. The lowest BCUT2D eigenvalue weighted by molar-refractivity contribution is 0.0954. The van der Waals surface area contributed by atoms with Crippen molar-refractivity contribution in [2.75, 3.05) is 13.7 Å². The number of para-hydroxylation sites is 1. The molecule has 4 rings (SSSR count). The molecule has 0 unspecified atom stereocenters. The van der Waals surface area contributed by atoms with Crippen molar-refractivity contribution >= 4 is 18.1 Å². The molecule has 8 nitrogen and oxygen atoms in total. The van der Waals surface area contributed by atoms with Crippen LogP contribution in [-0.4, -0.2) is 44.1 Å². The third kappa shape index (κ3) is 4.47. The smallest absolute Gasteiger partial charge is 0.255 e. The molecule has 0 aliphatic carbocycles. The molecule has 2 N–H and O–H groups in total.